The van der Waals surface area contributed by atoms with E-state index in [2.05, 4.69) is 15.2 Å². The van der Waals surface area contributed by atoms with Crippen LogP contribution in [0.2, 0.25) is 5.02 Å². The van der Waals surface area contributed by atoms with Crippen molar-refractivity contribution in [2.24, 2.45) is 0 Å². The molecule has 0 spiro atoms. The first-order valence-electron chi connectivity index (χ1n) is 13.8. The summed E-state index contributed by atoms with van der Waals surface area (Å²) in [4.78, 5) is 26.1. The van der Waals surface area contributed by atoms with Crippen molar-refractivity contribution in [1.29, 1.82) is 0 Å². The van der Waals surface area contributed by atoms with Gasteiger partial charge in [0.05, 0.1) is 21.8 Å². The van der Waals surface area contributed by atoms with E-state index in [1.165, 1.54) is 24.4 Å². The summed E-state index contributed by atoms with van der Waals surface area (Å²) in [6.45, 7) is 2.01. The minimum atomic E-state index is -5.08. The van der Waals surface area contributed by atoms with Crippen LogP contribution >= 0.6 is 11.6 Å². The summed E-state index contributed by atoms with van der Waals surface area (Å²) in [5, 5.41) is 9.78. The summed E-state index contributed by atoms with van der Waals surface area (Å²) in [5.74, 6) is -2.02. The second-order valence-corrected chi connectivity index (χ2v) is 10.7. The summed E-state index contributed by atoms with van der Waals surface area (Å²) in [5.41, 5.74) is -0.0778. The van der Waals surface area contributed by atoms with Gasteiger partial charge in [0.15, 0.2) is 0 Å². The molecule has 2 N–H and O–H groups in total. The molecule has 5 rings (SSSR count). The van der Waals surface area contributed by atoms with Crippen molar-refractivity contribution in [1.82, 2.24) is 15.0 Å². The van der Waals surface area contributed by atoms with E-state index in [0.29, 0.717) is 41.6 Å². The quantitative estimate of drug-likeness (QED) is 0.273. The van der Waals surface area contributed by atoms with Crippen LogP contribution < -0.4 is 15.1 Å². The van der Waals surface area contributed by atoms with E-state index in [0.717, 1.165) is 44.5 Å². The molecule has 0 atom stereocenters. The Morgan fingerprint density at radius 1 is 0.826 bits per heavy atom. The maximum atomic E-state index is 13.7. The number of halogens is 10. The Morgan fingerprint density at radius 2 is 1.46 bits per heavy atom. The molecule has 1 saturated heterocycles. The fourth-order valence-corrected chi connectivity index (χ4v) is 5.25. The van der Waals surface area contributed by atoms with Gasteiger partial charge in [0.1, 0.15) is 11.6 Å². The smallest absolute Gasteiger partial charge is 0.475 e. The van der Waals surface area contributed by atoms with Gasteiger partial charge in [0.2, 0.25) is 5.95 Å². The number of aromatic nitrogens is 3. The molecular formula is C28H26ClF9N6O2. The van der Waals surface area contributed by atoms with E-state index < -0.39 is 40.6 Å². The Hall–Kier alpha value is -4.02. The standard InChI is InChI=1S/C26H25ClF6N6.C2HF3O2/c27-20-15-16(6-7-18(20)25(28,29)30)35-22-17-8-13-38(23-19(26(31,32)33)5-4-10-34-23)14-9-21(17)36-24(37-22)39-11-2-1-3-12-39;3-2(4,5)1(6)7/h4-7,10,15H,1-3,8-9,11-14H2,(H,35,36,37);(H,6,7). The first-order chi connectivity index (χ1) is 21.4. The van der Waals surface area contributed by atoms with Crippen LogP contribution in [0.15, 0.2) is 36.5 Å². The summed E-state index contributed by atoms with van der Waals surface area (Å²) >= 11 is 5.93. The number of aliphatic carboxylic acids is 1. The lowest BCUT2D eigenvalue weighted by molar-refractivity contribution is -0.192. The number of carboxylic acid groups (broad SMARTS) is 1. The molecule has 2 aromatic heterocycles. The molecule has 18 heteroatoms. The zero-order valence-electron chi connectivity index (χ0n) is 23.7. The molecule has 0 bridgehead atoms. The normalized spacial score (nSPS) is 15.8. The number of carbonyl (C=O) groups is 1. The van der Waals surface area contributed by atoms with Crippen LogP contribution in [0.5, 0.6) is 0 Å². The highest BCUT2D eigenvalue weighted by atomic mass is 35.5. The van der Waals surface area contributed by atoms with Crippen LogP contribution in [-0.4, -0.2) is 58.4 Å². The average molecular weight is 685 g/mol. The molecule has 8 nitrogen and oxygen atoms in total. The molecule has 1 fully saturated rings. The lowest BCUT2D eigenvalue weighted by atomic mass is 10.1. The van der Waals surface area contributed by atoms with Gasteiger partial charge in [0, 0.05) is 50.0 Å². The Balaban J connectivity index is 0.000000617. The number of fused-ring (bicyclic) bond motifs is 1. The number of pyridine rings is 1. The Morgan fingerprint density at radius 3 is 2.04 bits per heavy atom. The number of hydrogen-bond acceptors (Lipinski definition) is 7. The van der Waals surface area contributed by atoms with E-state index >= 15 is 0 Å². The molecule has 3 aromatic rings. The van der Waals surface area contributed by atoms with E-state index in [1.54, 1.807) is 4.90 Å². The molecule has 2 aliphatic rings. The SMILES string of the molecule is FC(F)(F)c1ccc(Nc2nc(N3CCCCC3)nc3c2CCN(c2ncccc2C(F)(F)F)CC3)cc1Cl.O=C(O)C(F)(F)F. The Labute approximate surface area is 261 Å². The van der Waals surface area contributed by atoms with Crippen LogP contribution in [0, 0.1) is 0 Å². The molecule has 0 radical (unpaired) electrons. The van der Waals surface area contributed by atoms with Gasteiger partial charge in [0.25, 0.3) is 0 Å². The van der Waals surface area contributed by atoms with Crippen LogP contribution in [0.4, 0.5) is 62.8 Å². The maximum absolute atomic E-state index is 13.7. The molecule has 4 heterocycles. The second kappa shape index (κ2) is 13.8. The highest BCUT2D eigenvalue weighted by Gasteiger charge is 2.38. The van der Waals surface area contributed by atoms with E-state index in [9.17, 15) is 39.5 Å². The number of hydrogen-bond donors (Lipinski definition) is 2. The van der Waals surface area contributed by atoms with Gasteiger partial charge < -0.3 is 20.2 Å². The molecule has 0 amide bonds. The molecule has 0 saturated carbocycles. The van der Waals surface area contributed by atoms with Crippen LogP contribution in [-0.2, 0) is 30.0 Å². The Bertz CT molecular complexity index is 1540. The lowest BCUT2D eigenvalue weighted by Gasteiger charge is -2.28. The average Bonchev–Trinajstić information content (AvgIpc) is 3.19. The predicted octanol–water partition coefficient (Wildman–Crippen LogP) is 7.54. The van der Waals surface area contributed by atoms with Crippen molar-refractivity contribution >= 4 is 40.8 Å². The maximum Gasteiger partial charge on any atom is 0.490 e. The zero-order chi connectivity index (χ0) is 33.9. The van der Waals surface area contributed by atoms with Crippen LogP contribution in [0.25, 0.3) is 0 Å². The molecular weight excluding hydrogens is 659 g/mol. The van der Waals surface area contributed by atoms with Crippen molar-refractivity contribution < 1.29 is 49.4 Å². The summed E-state index contributed by atoms with van der Waals surface area (Å²) in [6.07, 6.45) is -9.20. The summed E-state index contributed by atoms with van der Waals surface area (Å²) in [7, 11) is 0. The highest BCUT2D eigenvalue weighted by Crippen LogP contribution is 2.38. The highest BCUT2D eigenvalue weighted by molar-refractivity contribution is 6.31. The van der Waals surface area contributed by atoms with Crippen molar-refractivity contribution in [3.05, 3.63) is 63.9 Å². The van der Waals surface area contributed by atoms with Gasteiger partial charge in [-0.25, -0.2) is 14.8 Å². The number of alkyl halides is 9. The fraction of sp³-hybridized carbons (Fsp3) is 0.429. The van der Waals surface area contributed by atoms with Crippen molar-refractivity contribution in [3.8, 4) is 0 Å². The van der Waals surface area contributed by atoms with Gasteiger partial charge in [-0.1, -0.05) is 11.6 Å². The number of piperidine rings is 1. The van der Waals surface area contributed by atoms with E-state index in [1.807, 2.05) is 0 Å². The van der Waals surface area contributed by atoms with E-state index in [-0.39, 0.29) is 18.9 Å². The molecule has 250 valence electrons. The largest absolute Gasteiger partial charge is 0.490 e. The zero-order valence-corrected chi connectivity index (χ0v) is 24.5. The van der Waals surface area contributed by atoms with Gasteiger partial charge in [-0.15, -0.1) is 0 Å². The first-order valence-corrected chi connectivity index (χ1v) is 14.2. The molecule has 1 aromatic carbocycles. The van der Waals surface area contributed by atoms with E-state index in [4.69, 9.17) is 31.5 Å². The third kappa shape index (κ3) is 8.61. The number of carboxylic acids is 1. The third-order valence-electron chi connectivity index (χ3n) is 7.14. The monoisotopic (exact) mass is 684 g/mol. The topological polar surface area (TPSA) is 94.5 Å². The third-order valence-corrected chi connectivity index (χ3v) is 7.45. The molecule has 0 aliphatic carbocycles. The fourth-order valence-electron chi connectivity index (χ4n) is 4.97. The minimum Gasteiger partial charge on any atom is -0.475 e. The number of anilines is 4. The van der Waals surface area contributed by atoms with Gasteiger partial charge in [-0.05, 0) is 56.0 Å². The second-order valence-electron chi connectivity index (χ2n) is 10.3. The lowest BCUT2D eigenvalue weighted by Crippen LogP contribution is -2.31. The van der Waals surface area contributed by atoms with Gasteiger partial charge in [-0.3, -0.25) is 0 Å². The summed E-state index contributed by atoms with van der Waals surface area (Å²) < 4.78 is 112. The number of rotatable bonds is 4. The minimum absolute atomic E-state index is 0.147. The molecule has 2 aliphatic heterocycles. The number of nitrogens with zero attached hydrogens (tertiary/aromatic N) is 5. The number of nitrogens with one attached hydrogen (secondary N) is 1. The number of benzene rings is 1. The predicted molar refractivity (Wildman–Crippen MR) is 150 cm³/mol. The summed E-state index contributed by atoms with van der Waals surface area (Å²) in [6, 6.07) is 5.63. The molecule has 46 heavy (non-hydrogen) atoms. The Kier molecular flexibility index (Phi) is 10.4. The van der Waals surface area contributed by atoms with Crippen molar-refractivity contribution in [2.75, 3.05) is 41.3 Å². The first kappa shape index (κ1) is 34.8. The van der Waals surface area contributed by atoms with Crippen molar-refractivity contribution in [3.63, 3.8) is 0 Å². The van der Waals surface area contributed by atoms with Crippen molar-refractivity contribution in [2.45, 2.75) is 50.6 Å². The van der Waals surface area contributed by atoms with Gasteiger partial charge in [-0.2, -0.15) is 44.5 Å². The van der Waals surface area contributed by atoms with Crippen LogP contribution in [0.1, 0.15) is 41.6 Å². The van der Waals surface area contributed by atoms with Crippen LogP contribution in [0.3, 0.4) is 0 Å². The molecule has 0 unspecified atom stereocenters. The van der Waals surface area contributed by atoms with Gasteiger partial charge >= 0.3 is 24.5 Å².